The molecule has 1 aliphatic rings. The number of thioether (sulfide) groups is 1. The lowest BCUT2D eigenvalue weighted by molar-refractivity contribution is -0.123. The smallest absolute Gasteiger partial charge is 0.267 e. The molecule has 3 atom stereocenters. The maximum absolute atomic E-state index is 14.4. The number of halogens is 4. The monoisotopic (exact) mass is 891 g/mol. The zero-order valence-electron chi connectivity index (χ0n) is 33.0. The summed E-state index contributed by atoms with van der Waals surface area (Å²) < 4.78 is 12.1. The molecular weight excluding hydrogens is 852 g/mol. The van der Waals surface area contributed by atoms with Crippen molar-refractivity contribution in [3.63, 3.8) is 0 Å². The maximum atomic E-state index is 14.4. The summed E-state index contributed by atoms with van der Waals surface area (Å²) in [5, 5.41) is 6.82. The fourth-order valence-electron chi connectivity index (χ4n) is 6.21. The number of hydrogen-bond acceptors (Lipinski definition) is 7. The van der Waals surface area contributed by atoms with Crippen LogP contribution in [0.5, 0.6) is 11.5 Å². The van der Waals surface area contributed by atoms with Crippen molar-refractivity contribution < 1.29 is 23.9 Å². The number of nitrogens with one attached hydrogen (secondary N) is 3. The van der Waals surface area contributed by atoms with Crippen LogP contribution in [0, 0.1) is 27.7 Å². The number of anilines is 3. The van der Waals surface area contributed by atoms with Gasteiger partial charge in [0.05, 0.1) is 26.4 Å². The van der Waals surface area contributed by atoms with E-state index in [9.17, 15) is 14.4 Å². The second-order valence-corrected chi connectivity index (χ2v) is 16.8. The molecule has 0 spiro atoms. The third-order valence-corrected chi connectivity index (χ3v) is 11.6. The van der Waals surface area contributed by atoms with Gasteiger partial charge in [-0.15, -0.1) is 11.8 Å². The molecule has 10 nitrogen and oxygen atoms in total. The van der Waals surface area contributed by atoms with Crippen molar-refractivity contribution in [3.05, 3.63) is 133 Å². The quantitative estimate of drug-likeness (QED) is 0.108. The van der Waals surface area contributed by atoms with Gasteiger partial charge in [-0.1, -0.05) is 101 Å². The van der Waals surface area contributed by atoms with Gasteiger partial charge in [-0.2, -0.15) is 0 Å². The molecule has 5 aromatic rings. The fraction of sp³-hybridized carbons (Fsp3) is 0.227. The highest BCUT2D eigenvalue weighted by Crippen LogP contribution is 2.41. The highest BCUT2D eigenvalue weighted by Gasteiger charge is 2.41. The van der Waals surface area contributed by atoms with E-state index in [1.807, 2.05) is 71.0 Å². The highest BCUT2D eigenvalue weighted by molar-refractivity contribution is 8.01. The Bertz CT molecular complexity index is 2440. The molecule has 1 heterocycles. The fourth-order valence-corrected chi connectivity index (χ4v) is 8.44. The highest BCUT2D eigenvalue weighted by atomic mass is 35.5. The van der Waals surface area contributed by atoms with Gasteiger partial charge in [-0.3, -0.25) is 19.8 Å². The molecule has 59 heavy (non-hydrogen) atoms. The average Bonchev–Trinajstić information content (AvgIpc) is 3.46. The molecule has 6 rings (SSSR count). The number of para-hydroxylation sites is 1. The normalized spacial score (nSPS) is 15.4. The second kappa shape index (κ2) is 19.0. The zero-order valence-corrected chi connectivity index (χ0v) is 36.8. The molecule has 1 aliphatic heterocycles. The minimum absolute atomic E-state index is 0.120. The molecule has 3 amide bonds. The van der Waals surface area contributed by atoms with Crippen molar-refractivity contribution in [1.29, 1.82) is 0 Å². The number of rotatable bonds is 13. The number of aliphatic imine (C=N–C) groups is 1. The first-order valence-corrected chi connectivity index (χ1v) is 21.0. The number of carbonyl (C=O) groups excluding carboxylic acids is 3. The summed E-state index contributed by atoms with van der Waals surface area (Å²) in [5.41, 5.74) is 8.34. The van der Waals surface area contributed by atoms with E-state index < -0.39 is 23.4 Å². The summed E-state index contributed by atoms with van der Waals surface area (Å²) in [6.45, 7) is 11.4. The largest absolute Gasteiger partial charge is 0.481 e. The average molecular weight is 894 g/mol. The molecule has 0 saturated carbocycles. The number of nitrogens with zero attached hydrogens (tertiary/aromatic N) is 2. The molecule has 0 aliphatic carbocycles. The summed E-state index contributed by atoms with van der Waals surface area (Å²) in [6.07, 6.45) is -1.20. The lowest BCUT2D eigenvalue weighted by atomic mass is 10.1. The molecule has 15 heteroatoms. The van der Waals surface area contributed by atoms with Crippen LogP contribution in [0.2, 0.25) is 20.1 Å². The molecule has 3 unspecified atom stereocenters. The Hall–Kier alpha value is -4.91. The molecule has 1 saturated heterocycles. The Kier molecular flexibility index (Phi) is 14.1. The van der Waals surface area contributed by atoms with Gasteiger partial charge < -0.3 is 20.1 Å². The van der Waals surface area contributed by atoms with Crippen molar-refractivity contribution in [2.24, 2.45) is 4.99 Å². The van der Waals surface area contributed by atoms with E-state index in [0.29, 0.717) is 34.2 Å². The van der Waals surface area contributed by atoms with E-state index in [2.05, 4.69) is 16.1 Å². The van der Waals surface area contributed by atoms with Gasteiger partial charge in [0.1, 0.15) is 28.3 Å². The zero-order chi connectivity index (χ0) is 42.5. The van der Waals surface area contributed by atoms with Crippen molar-refractivity contribution in [3.8, 4) is 11.5 Å². The molecular formula is C44H41Cl4N5O5S. The Morgan fingerprint density at radius 3 is 2.05 bits per heavy atom. The molecule has 5 aromatic carbocycles. The summed E-state index contributed by atoms with van der Waals surface area (Å²) >= 11 is 27.2. The van der Waals surface area contributed by atoms with Gasteiger partial charge in [0, 0.05) is 15.6 Å². The van der Waals surface area contributed by atoms with Crippen molar-refractivity contribution in [2.45, 2.75) is 70.3 Å². The Morgan fingerprint density at radius 1 is 0.797 bits per heavy atom. The van der Waals surface area contributed by atoms with Gasteiger partial charge in [-0.05, 0) is 107 Å². The Balaban J connectivity index is 1.29. The van der Waals surface area contributed by atoms with E-state index in [0.717, 1.165) is 34.0 Å². The van der Waals surface area contributed by atoms with Crippen molar-refractivity contribution >= 4 is 104 Å². The maximum Gasteiger partial charge on any atom is 0.267 e. The summed E-state index contributed by atoms with van der Waals surface area (Å²) in [7, 11) is 0. The summed E-state index contributed by atoms with van der Waals surface area (Å²) in [5.74, 6) is 0.170. The molecule has 0 aromatic heterocycles. The number of benzene rings is 5. The van der Waals surface area contributed by atoms with Crippen LogP contribution in [0.3, 0.4) is 0 Å². The second-order valence-electron chi connectivity index (χ2n) is 14.0. The lowest BCUT2D eigenvalue weighted by Gasteiger charge is -2.19. The molecule has 3 N–H and O–H groups in total. The van der Waals surface area contributed by atoms with Crippen molar-refractivity contribution in [2.75, 3.05) is 15.6 Å². The number of carbonyl (C=O) groups is 3. The van der Waals surface area contributed by atoms with Crippen LogP contribution < -0.4 is 30.5 Å². The van der Waals surface area contributed by atoms with Crippen molar-refractivity contribution in [1.82, 2.24) is 5.43 Å². The number of hydrogen-bond donors (Lipinski definition) is 3. The predicted octanol–water partition coefficient (Wildman–Crippen LogP) is 11.5. The first kappa shape index (κ1) is 43.7. The van der Waals surface area contributed by atoms with Crippen LogP contribution in [-0.4, -0.2) is 41.0 Å². The summed E-state index contributed by atoms with van der Waals surface area (Å²) in [4.78, 5) is 46.7. The first-order valence-electron chi connectivity index (χ1n) is 18.6. The van der Waals surface area contributed by atoms with Crippen LogP contribution in [0.1, 0.15) is 42.5 Å². The predicted molar refractivity (Wildman–Crippen MR) is 241 cm³/mol. The Labute approximate surface area is 367 Å². The third-order valence-electron chi connectivity index (χ3n) is 9.24. The van der Waals surface area contributed by atoms with Crippen LogP contribution in [-0.2, 0) is 14.4 Å². The standard InChI is InChI=1S/C44H41Cl4N5O5S/c1-7-35(58-37-17-13-24(3)19-26(37)5)43(55)49-29-14-15-30(46)34(22-29)50-41-40(44(56)53(52-41)39-31(47)20-28(45)21-32(39)48)59-38-11-9-8-10-33(38)51-42(54)27(6)57-36-16-12-23(2)18-25(36)4/h8-22,27,35,40H,7H2,1-6H3,(H,49,55)(H,50,52)(H,51,54). The molecule has 0 radical (unpaired) electrons. The third kappa shape index (κ3) is 10.5. The summed E-state index contributed by atoms with van der Waals surface area (Å²) in [6, 6.07) is 26.4. The van der Waals surface area contributed by atoms with Crippen LogP contribution in [0.15, 0.2) is 101 Å². The lowest BCUT2D eigenvalue weighted by Crippen LogP contribution is -2.36. The molecule has 306 valence electrons. The van der Waals surface area contributed by atoms with Crippen LogP contribution in [0.4, 0.5) is 22.7 Å². The van der Waals surface area contributed by atoms with Crippen LogP contribution >= 0.6 is 58.2 Å². The number of amidine groups is 1. The number of aryl methyl sites for hydroxylation is 4. The molecule has 0 bridgehead atoms. The number of ether oxygens (including phenoxy) is 2. The van der Waals surface area contributed by atoms with Gasteiger partial charge >= 0.3 is 0 Å². The van der Waals surface area contributed by atoms with E-state index in [1.54, 1.807) is 49.4 Å². The molecule has 1 fully saturated rings. The topological polar surface area (TPSA) is 121 Å². The van der Waals surface area contributed by atoms with Gasteiger partial charge in [0.25, 0.3) is 17.7 Å². The first-order chi connectivity index (χ1) is 28.1. The van der Waals surface area contributed by atoms with E-state index in [4.69, 9.17) is 60.9 Å². The van der Waals surface area contributed by atoms with Gasteiger partial charge in [0.15, 0.2) is 12.2 Å². The number of amides is 3. The van der Waals surface area contributed by atoms with E-state index >= 15 is 0 Å². The van der Waals surface area contributed by atoms with Crippen LogP contribution in [0.25, 0.3) is 0 Å². The van der Waals surface area contributed by atoms with Gasteiger partial charge in [0.2, 0.25) is 0 Å². The number of hydrazine groups is 1. The Morgan fingerprint density at radius 2 is 1.42 bits per heavy atom. The SMILES string of the molecule is CCC(Oc1ccc(C)cc1C)C(=O)Nc1ccc(Cl)c(N=C2NN(c3c(Cl)cc(Cl)cc3Cl)C(=O)C2Sc2ccccc2NC(=O)C(C)Oc2ccc(C)cc2C)c1. The van der Waals surface area contributed by atoms with E-state index in [1.165, 1.54) is 17.1 Å². The van der Waals surface area contributed by atoms with Gasteiger partial charge in [-0.25, -0.2) is 10.0 Å². The minimum atomic E-state index is -1.02. The minimum Gasteiger partial charge on any atom is -0.481 e. The van der Waals surface area contributed by atoms with E-state index in [-0.39, 0.29) is 49.1 Å².